The molecule has 0 aliphatic carbocycles. The second kappa shape index (κ2) is 6.21. The molecule has 1 aliphatic rings. The molecule has 19 heavy (non-hydrogen) atoms. The number of carbonyl (C=O) groups is 1. The van der Waals surface area contributed by atoms with E-state index in [0.29, 0.717) is 0 Å². The predicted octanol–water partition coefficient (Wildman–Crippen LogP) is 2.87. The van der Waals surface area contributed by atoms with E-state index in [1.54, 1.807) is 11.8 Å². The summed E-state index contributed by atoms with van der Waals surface area (Å²) in [6, 6.07) is 2.56. The maximum Gasteiger partial charge on any atom is 0.311 e. The molecule has 1 amide bonds. The third kappa shape index (κ3) is 3.57. The third-order valence-electron chi connectivity index (χ3n) is 2.75. The summed E-state index contributed by atoms with van der Waals surface area (Å²) in [7, 11) is 0. The largest absolute Gasteiger partial charge is 0.311 e. The lowest BCUT2D eigenvalue weighted by Gasteiger charge is -2.20. The van der Waals surface area contributed by atoms with Crippen molar-refractivity contribution in [1.82, 2.24) is 4.98 Å². The fourth-order valence-corrected chi connectivity index (χ4v) is 3.16. The lowest BCUT2D eigenvalue weighted by Crippen LogP contribution is -2.28. The van der Waals surface area contributed by atoms with Gasteiger partial charge in [0.15, 0.2) is 0 Å². The molecule has 0 radical (unpaired) electrons. The van der Waals surface area contributed by atoms with Gasteiger partial charge in [-0.25, -0.2) is 4.98 Å². The molecule has 1 unspecified atom stereocenters. The van der Waals surface area contributed by atoms with Gasteiger partial charge < -0.3 is 5.32 Å². The first-order chi connectivity index (χ1) is 9.08. The molecule has 6 nitrogen and oxygen atoms in total. The molecular formula is C11H12ClN3O3S. The van der Waals surface area contributed by atoms with Crippen LogP contribution < -0.4 is 5.32 Å². The zero-order chi connectivity index (χ0) is 13.8. The molecule has 1 aliphatic heterocycles. The lowest BCUT2D eigenvalue weighted by atomic mass is 10.2. The Kier molecular flexibility index (Phi) is 4.60. The monoisotopic (exact) mass is 301 g/mol. The number of nitro groups is 1. The Labute approximate surface area is 119 Å². The van der Waals surface area contributed by atoms with Crippen LogP contribution in [0.25, 0.3) is 0 Å². The number of nitrogens with one attached hydrogen (secondary N) is 1. The number of nitrogens with zero attached hydrogens (tertiary/aromatic N) is 2. The van der Waals surface area contributed by atoms with Crippen LogP contribution in [0.3, 0.4) is 0 Å². The number of amides is 1. The van der Waals surface area contributed by atoms with E-state index >= 15 is 0 Å². The molecule has 1 saturated heterocycles. The first-order valence-corrected chi connectivity index (χ1v) is 7.24. The molecule has 0 saturated carbocycles. The van der Waals surface area contributed by atoms with Crippen molar-refractivity contribution >= 4 is 40.8 Å². The molecule has 0 bridgehead atoms. The summed E-state index contributed by atoms with van der Waals surface area (Å²) in [5.74, 6) is 0.597. The van der Waals surface area contributed by atoms with Gasteiger partial charge >= 0.3 is 5.69 Å². The van der Waals surface area contributed by atoms with Crippen molar-refractivity contribution in [1.29, 1.82) is 0 Å². The fraction of sp³-hybridized carbons (Fsp3) is 0.455. The zero-order valence-electron chi connectivity index (χ0n) is 9.97. The van der Waals surface area contributed by atoms with Gasteiger partial charge in [-0.3, -0.25) is 14.9 Å². The Morgan fingerprint density at radius 3 is 2.95 bits per heavy atom. The van der Waals surface area contributed by atoms with Gasteiger partial charge in [-0.15, -0.1) is 11.8 Å². The predicted molar refractivity (Wildman–Crippen MR) is 74.6 cm³/mol. The Morgan fingerprint density at radius 1 is 1.53 bits per heavy atom. The van der Waals surface area contributed by atoms with Gasteiger partial charge in [0, 0.05) is 6.07 Å². The number of hydrogen-bond acceptors (Lipinski definition) is 5. The van der Waals surface area contributed by atoms with Gasteiger partial charge in [0.2, 0.25) is 11.7 Å². The third-order valence-corrected chi connectivity index (χ3v) is 4.34. The molecule has 1 N–H and O–H groups in total. The Bertz CT molecular complexity index is 506. The second-order valence-corrected chi connectivity index (χ2v) is 5.80. The minimum atomic E-state index is -0.590. The van der Waals surface area contributed by atoms with Crippen molar-refractivity contribution in [2.24, 2.45) is 0 Å². The topological polar surface area (TPSA) is 85.1 Å². The van der Waals surface area contributed by atoms with Crippen LogP contribution in [0.5, 0.6) is 0 Å². The Morgan fingerprint density at radius 2 is 2.32 bits per heavy atom. The molecule has 1 atom stereocenters. The molecule has 102 valence electrons. The zero-order valence-corrected chi connectivity index (χ0v) is 11.5. The maximum atomic E-state index is 12.0. The molecule has 1 fully saturated rings. The van der Waals surface area contributed by atoms with E-state index in [4.69, 9.17) is 11.6 Å². The number of thioether (sulfide) groups is 1. The Balaban J connectivity index is 2.15. The highest BCUT2D eigenvalue weighted by Crippen LogP contribution is 2.28. The SMILES string of the molecule is O=C(Nc1nc(Cl)ccc1[N+](=O)[O-])C1CCCCS1. The average molecular weight is 302 g/mol. The normalized spacial score (nSPS) is 18.9. The van der Waals surface area contributed by atoms with Gasteiger partial charge in [0.25, 0.3) is 0 Å². The number of carbonyl (C=O) groups excluding carboxylic acids is 1. The van der Waals surface area contributed by atoms with E-state index in [2.05, 4.69) is 10.3 Å². The van der Waals surface area contributed by atoms with Crippen molar-refractivity contribution in [2.45, 2.75) is 24.5 Å². The summed E-state index contributed by atoms with van der Waals surface area (Å²) in [6.07, 6.45) is 2.88. The molecule has 8 heteroatoms. The van der Waals surface area contributed by atoms with E-state index in [9.17, 15) is 14.9 Å². The van der Waals surface area contributed by atoms with Crippen LogP contribution in [0.2, 0.25) is 5.15 Å². The number of halogens is 1. The lowest BCUT2D eigenvalue weighted by molar-refractivity contribution is -0.384. The highest BCUT2D eigenvalue weighted by molar-refractivity contribution is 8.00. The standard InChI is InChI=1S/C11H12ClN3O3S/c12-9-5-4-7(15(17)18)10(13-9)14-11(16)8-3-1-2-6-19-8/h4-5,8H,1-3,6H2,(H,13,14,16). The van der Waals surface area contributed by atoms with Crippen LogP contribution in [0, 0.1) is 10.1 Å². The Hall–Kier alpha value is -1.34. The molecular weight excluding hydrogens is 290 g/mol. The number of rotatable bonds is 3. The number of anilines is 1. The van der Waals surface area contributed by atoms with Gasteiger partial charge in [-0.2, -0.15) is 0 Å². The first-order valence-electron chi connectivity index (χ1n) is 5.81. The summed E-state index contributed by atoms with van der Waals surface area (Å²) in [5.41, 5.74) is -0.251. The van der Waals surface area contributed by atoms with Crippen molar-refractivity contribution in [3.05, 3.63) is 27.4 Å². The van der Waals surface area contributed by atoms with Gasteiger partial charge in [-0.1, -0.05) is 18.0 Å². The molecule has 2 rings (SSSR count). The molecule has 2 heterocycles. The van der Waals surface area contributed by atoms with Crippen molar-refractivity contribution in [3.63, 3.8) is 0 Å². The van der Waals surface area contributed by atoms with Gasteiger partial charge in [0.05, 0.1) is 10.2 Å². The smallest absolute Gasteiger partial charge is 0.304 e. The van der Waals surface area contributed by atoms with Crippen LogP contribution in [0.1, 0.15) is 19.3 Å². The van der Waals surface area contributed by atoms with Gasteiger partial charge in [0.1, 0.15) is 5.15 Å². The summed E-state index contributed by atoms with van der Waals surface area (Å²) in [6.45, 7) is 0. The quantitative estimate of drug-likeness (QED) is 0.527. The fourth-order valence-electron chi connectivity index (χ4n) is 1.81. The van der Waals surface area contributed by atoms with Crippen LogP contribution >= 0.6 is 23.4 Å². The minimum absolute atomic E-state index is 0.0892. The molecule has 1 aromatic rings. The highest BCUT2D eigenvalue weighted by atomic mass is 35.5. The first kappa shape index (κ1) is 14.1. The van der Waals surface area contributed by atoms with Crippen LogP contribution in [0.15, 0.2) is 12.1 Å². The van der Waals surface area contributed by atoms with Crippen molar-refractivity contribution in [3.8, 4) is 0 Å². The summed E-state index contributed by atoms with van der Waals surface area (Å²) < 4.78 is 0. The van der Waals surface area contributed by atoms with E-state index in [-0.39, 0.29) is 27.8 Å². The summed E-state index contributed by atoms with van der Waals surface area (Å²) in [4.78, 5) is 26.1. The highest BCUT2D eigenvalue weighted by Gasteiger charge is 2.25. The molecule has 0 spiro atoms. The van der Waals surface area contributed by atoms with E-state index < -0.39 is 4.92 Å². The van der Waals surface area contributed by atoms with Crippen molar-refractivity contribution < 1.29 is 9.72 Å². The number of pyridine rings is 1. The van der Waals surface area contributed by atoms with E-state index in [1.807, 2.05) is 0 Å². The molecule has 0 aromatic carbocycles. The van der Waals surface area contributed by atoms with Crippen molar-refractivity contribution in [2.75, 3.05) is 11.1 Å². The van der Waals surface area contributed by atoms with E-state index in [1.165, 1.54) is 12.1 Å². The second-order valence-electron chi connectivity index (χ2n) is 4.10. The summed E-state index contributed by atoms with van der Waals surface area (Å²) in [5, 5.41) is 13.3. The van der Waals surface area contributed by atoms with E-state index in [0.717, 1.165) is 25.0 Å². The van der Waals surface area contributed by atoms with Gasteiger partial charge in [-0.05, 0) is 24.7 Å². The van der Waals surface area contributed by atoms with Crippen LogP contribution in [-0.4, -0.2) is 26.8 Å². The number of aromatic nitrogens is 1. The number of hydrogen-bond donors (Lipinski definition) is 1. The minimum Gasteiger partial charge on any atom is -0.304 e. The maximum absolute atomic E-state index is 12.0. The van der Waals surface area contributed by atoms with Crippen LogP contribution in [0.4, 0.5) is 11.5 Å². The van der Waals surface area contributed by atoms with Crippen LogP contribution in [-0.2, 0) is 4.79 Å². The molecule has 1 aromatic heterocycles. The average Bonchev–Trinajstić information content (AvgIpc) is 2.39. The summed E-state index contributed by atoms with van der Waals surface area (Å²) >= 11 is 7.27.